The van der Waals surface area contributed by atoms with Crippen LogP contribution in [0.2, 0.25) is 0 Å². The fourth-order valence-electron chi connectivity index (χ4n) is 3.36. The molecule has 2 aromatic rings. The van der Waals surface area contributed by atoms with Crippen molar-refractivity contribution in [3.8, 4) is 11.5 Å². The van der Waals surface area contributed by atoms with E-state index in [0.717, 1.165) is 24.8 Å². The van der Waals surface area contributed by atoms with Gasteiger partial charge >= 0.3 is 0 Å². The number of halogens is 1. The Morgan fingerprint density at radius 2 is 2.04 bits per heavy atom. The van der Waals surface area contributed by atoms with Crippen LogP contribution in [-0.4, -0.2) is 47.4 Å². The van der Waals surface area contributed by atoms with Crippen molar-refractivity contribution in [2.24, 2.45) is 5.73 Å². The number of hydrogen-bond donors (Lipinski definition) is 2. The topological polar surface area (TPSA) is 101 Å². The number of carbonyl (C=O) groups is 2. The van der Waals surface area contributed by atoms with Gasteiger partial charge in [-0.25, -0.2) is 4.98 Å². The van der Waals surface area contributed by atoms with Crippen LogP contribution in [0, 0.1) is 6.92 Å². The van der Waals surface area contributed by atoms with Crippen LogP contribution in [0.5, 0.6) is 0 Å². The average Bonchev–Trinajstić information content (AvgIpc) is 3.09. The SMILES string of the molecule is Cc1nc(-c2ccccc2)oc1C(=O)N1CCCCC1CNC(=O)CCN.Cl. The van der Waals surface area contributed by atoms with Crippen LogP contribution < -0.4 is 11.1 Å². The van der Waals surface area contributed by atoms with E-state index in [0.29, 0.717) is 37.6 Å². The minimum atomic E-state index is -0.167. The summed E-state index contributed by atoms with van der Waals surface area (Å²) in [5, 5.41) is 2.88. The van der Waals surface area contributed by atoms with E-state index in [1.807, 2.05) is 30.3 Å². The number of nitrogens with two attached hydrogens (primary N) is 1. The molecule has 1 saturated heterocycles. The predicted octanol–water partition coefficient (Wildman–Crippen LogP) is 2.53. The third-order valence-corrected chi connectivity index (χ3v) is 4.81. The van der Waals surface area contributed by atoms with E-state index in [2.05, 4.69) is 10.3 Å². The van der Waals surface area contributed by atoms with Crippen LogP contribution in [0.25, 0.3) is 11.5 Å². The molecule has 1 aromatic heterocycles. The molecule has 0 saturated carbocycles. The fourth-order valence-corrected chi connectivity index (χ4v) is 3.36. The number of carbonyl (C=O) groups excluding carboxylic acids is 2. The molecule has 7 nitrogen and oxygen atoms in total. The maximum Gasteiger partial charge on any atom is 0.291 e. The molecule has 0 aliphatic carbocycles. The van der Waals surface area contributed by atoms with Gasteiger partial charge in [-0.15, -0.1) is 12.4 Å². The van der Waals surface area contributed by atoms with Crippen molar-refractivity contribution in [1.82, 2.24) is 15.2 Å². The van der Waals surface area contributed by atoms with Gasteiger partial charge in [0.05, 0.1) is 5.69 Å². The first-order valence-electron chi connectivity index (χ1n) is 9.40. The Morgan fingerprint density at radius 1 is 1.29 bits per heavy atom. The Morgan fingerprint density at radius 3 is 2.75 bits per heavy atom. The van der Waals surface area contributed by atoms with E-state index < -0.39 is 0 Å². The zero-order valence-electron chi connectivity index (χ0n) is 16.0. The summed E-state index contributed by atoms with van der Waals surface area (Å²) in [6.45, 7) is 3.18. The van der Waals surface area contributed by atoms with E-state index in [4.69, 9.17) is 10.2 Å². The number of amides is 2. The lowest BCUT2D eigenvalue weighted by Gasteiger charge is -2.35. The van der Waals surface area contributed by atoms with Crippen LogP contribution in [0.3, 0.4) is 0 Å². The number of likely N-dealkylation sites (tertiary alicyclic amines) is 1. The van der Waals surface area contributed by atoms with Gasteiger partial charge < -0.3 is 20.4 Å². The smallest absolute Gasteiger partial charge is 0.291 e. The zero-order valence-corrected chi connectivity index (χ0v) is 16.8. The molecule has 2 amide bonds. The molecular formula is C20H27ClN4O3. The number of oxazole rings is 1. The molecule has 1 unspecified atom stereocenters. The molecular weight excluding hydrogens is 380 g/mol. The van der Waals surface area contributed by atoms with Gasteiger partial charge in [-0.05, 0) is 38.3 Å². The van der Waals surface area contributed by atoms with Crippen LogP contribution in [0.1, 0.15) is 41.9 Å². The number of nitrogens with one attached hydrogen (secondary N) is 1. The number of aromatic nitrogens is 1. The number of nitrogens with zero attached hydrogens (tertiary/aromatic N) is 2. The molecule has 0 bridgehead atoms. The third-order valence-electron chi connectivity index (χ3n) is 4.81. The number of piperidine rings is 1. The Labute approximate surface area is 171 Å². The first-order chi connectivity index (χ1) is 13.1. The second kappa shape index (κ2) is 10.2. The minimum absolute atomic E-state index is 0. The molecule has 3 N–H and O–H groups in total. The highest BCUT2D eigenvalue weighted by molar-refractivity contribution is 5.93. The highest BCUT2D eigenvalue weighted by Crippen LogP contribution is 2.25. The molecule has 1 atom stereocenters. The van der Waals surface area contributed by atoms with Crippen molar-refractivity contribution in [2.45, 2.75) is 38.6 Å². The summed E-state index contributed by atoms with van der Waals surface area (Å²) in [5.41, 5.74) is 6.83. The molecule has 1 fully saturated rings. The zero-order chi connectivity index (χ0) is 19.2. The molecule has 8 heteroatoms. The van der Waals surface area contributed by atoms with Crippen LogP contribution in [0.15, 0.2) is 34.7 Å². The van der Waals surface area contributed by atoms with E-state index in [1.54, 1.807) is 11.8 Å². The number of aryl methyl sites for hydroxylation is 1. The van der Waals surface area contributed by atoms with Crippen molar-refractivity contribution in [1.29, 1.82) is 0 Å². The van der Waals surface area contributed by atoms with Crippen LogP contribution in [0.4, 0.5) is 0 Å². The molecule has 0 radical (unpaired) electrons. The van der Waals surface area contributed by atoms with Crippen LogP contribution in [-0.2, 0) is 4.79 Å². The number of hydrogen-bond acceptors (Lipinski definition) is 5. The van der Waals surface area contributed by atoms with Crippen molar-refractivity contribution < 1.29 is 14.0 Å². The van der Waals surface area contributed by atoms with Crippen LogP contribution >= 0.6 is 12.4 Å². The number of rotatable bonds is 6. The summed E-state index contributed by atoms with van der Waals surface area (Å²) in [5.74, 6) is 0.466. The lowest BCUT2D eigenvalue weighted by molar-refractivity contribution is -0.121. The van der Waals surface area contributed by atoms with E-state index in [9.17, 15) is 9.59 Å². The second-order valence-corrected chi connectivity index (χ2v) is 6.79. The van der Waals surface area contributed by atoms with E-state index >= 15 is 0 Å². The predicted molar refractivity (Wildman–Crippen MR) is 109 cm³/mol. The molecule has 2 heterocycles. The molecule has 28 heavy (non-hydrogen) atoms. The molecule has 152 valence electrons. The standard InChI is InChI=1S/C20H26N4O3.ClH/c1-14-18(27-19(23-14)15-7-3-2-4-8-15)20(26)24-12-6-5-9-16(24)13-22-17(25)10-11-21;/h2-4,7-8,16H,5-6,9-13,21H2,1H3,(H,22,25);1H. The first-order valence-corrected chi connectivity index (χ1v) is 9.40. The summed E-state index contributed by atoms with van der Waals surface area (Å²) >= 11 is 0. The number of benzene rings is 1. The van der Waals surface area contributed by atoms with E-state index in [1.165, 1.54) is 0 Å². The van der Waals surface area contributed by atoms with Gasteiger partial charge in [0.15, 0.2) is 0 Å². The molecule has 1 aliphatic heterocycles. The van der Waals surface area contributed by atoms with Gasteiger partial charge in [0, 0.05) is 37.7 Å². The largest absolute Gasteiger partial charge is 0.431 e. The van der Waals surface area contributed by atoms with Crippen molar-refractivity contribution in [3.63, 3.8) is 0 Å². The van der Waals surface area contributed by atoms with E-state index in [-0.39, 0.29) is 36.0 Å². The summed E-state index contributed by atoms with van der Waals surface area (Å²) in [7, 11) is 0. The lowest BCUT2D eigenvalue weighted by atomic mass is 10.0. The highest BCUT2D eigenvalue weighted by atomic mass is 35.5. The summed E-state index contributed by atoms with van der Waals surface area (Å²) in [6.07, 6.45) is 3.12. The first kappa shape index (κ1) is 21.9. The Kier molecular flexibility index (Phi) is 8.02. The van der Waals surface area contributed by atoms with Crippen molar-refractivity contribution in [3.05, 3.63) is 41.8 Å². The Bertz CT molecular complexity index is 794. The van der Waals surface area contributed by atoms with Gasteiger partial charge in [0.1, 0.15) is 0 Å². The van der Waals surface area contributed by atoms with Gasteiger partial charge in [0.25, 0.3) is 5.91 Å². The summed E-state index contributed by atoms with van der Waals surface area (Å²) in [6, 6.07) is 9.48. The lowest BCUT2D eigenvalue weighted by Crippen LogP contribution is -2.49. The fraction of sp³-hybridized carbons (Fsp3) is 0.450. The second-order valence-electron chi connectivity index (χ2n) is 6.79. The molecule has 1 aliphatic rings. The summed E-state index contributed by atoms with van der Waals surface area (Å²) in [4.78, 5) is 31.1. The minimum Gasteiger partial charge on any atom is -0.431 e. The normalized spacial score (nSPS) is 16.4. The van der Waals surface area contributed by atoms with Crippen molar-refractivity contribution >= 4 is 24.2 Å². The van der Waals surface area contributed by atoms with Gasteiger partial charge in [0.2, 0.25) is 17.6 Å². The Balaban J connectivity index is 0.00000280. The van der Waals surface area contributed by atoms with Gasteiger partial charge in [-0.1, -0.05) is 18.2 Å². The quantitative estimate of drug-likeness (QED) is 0.767. The molecule has 1 aromatic carbocycles. The summed E-state index contributed by atoms with van der Waals surface area (Å²) < 4.78 is 5.82. The molecule has 0 spiro atoms. The maximum absolute atomic E-state index is 13.1. The van der Waals surface area contributed by atoms with Crippen molar-refractivity contribution in [2.75, 3.05) is 19.6 Å². The molecule has 3 rings (SSSR count). The third kappa shape index (κ3) is 5.11. The highest BCUT2D eigenvalue weighted by Gasteiger charge is 2.31. The monoisotopic (exact) mass is 406 g/mol. The van der Waals surface area contributed by atoms with Gasteiger partial charge in [-0.2, -0.15) is 0 Å². The van der Waals surface area contributed by atoms with Gasteiger partial charge in [-0.3, -0.25) is 9.59 Å². The maximum atomic E-state index is 13.1. The average molecular weight is 407 g/mol. The Hall–Kier alpha value is -2.38.